The molecule has 154 valence electrons. The number of alkyl halides is 2. The van der Waals surface area contributed by atoms with Gasteiger partial charge in [-0.1, -0.05) is 0 Å². The molecule has 0 bridgehead atoms. The molecule has 10 heteroatoms. The summed E-state index contributed by atoms with van der Waals surface area (Å²) in [5, 5.41) is 2.91. The van der Waals surface area contributed by atoms with Crippen molar-refractivity contribution in [3.8, 4) is 17.0 Å². The van der Waals surface area contributed by atoms with Gasteiger partial charge in [0.15, 0.2) is 0 Å². The van der Waals surface area contributed by atoms with Gasteiger partial charge in [0.1, 0.15) is 23.1 Å². The molecule has 0 radical (unpaired) electrons. The van der Waals surface area contributed by atoms with Crippen LogP contribution in [0.1, 0.15) is 5.56 Å². The zero-order valence-corrected chi connectivity index (χ0v) is 16.2. The number of nitrogens with one attached hydrogen (secondary N) is 1. The van der Waals surface area contributed by atoms with Crippen molar-refractivity contribution in [2.45, 2.75) is 17.9 Å². The van der Waals surface area contributed by atoms with Crippen molar-refractivity contribution in [3.63, 3.8) is 0 Å². The van der Waals surface area contributed by atoms with Crippen LogP contribution >= 0.6 is 0 Å². The molecule has 0 aliphatic carbocycles. The normalized spacial score (nSPS) is 11.8. The summed E-state index contributed by atoms with van der Waals surface area (Å²) in [4.78, 5) is 3.78. The summed E-state index contributed by atoms with van der Waals surface area (Å²) < 4.78 is 71.2. The molecular formula is C19H18F3N3O3S. The van der Waals surface area contributed by atoms with Crippen LogP contribution in [-0.4, -0.2) is 37.5 Å². The van der Waals surface area contributed by atoms with E-state index in [0.717, 1.165) is 10.0 Å². The molecule has 0 aliphatic heterocycles. The summed E-state index contributed by atoms with van der Waals surface area (Å²) in [6, 6.07) is 7.98. The Kier molecular flexibility index (Phi) is 6.23. The van der Waals surface area contributed by atoms with E-state index in [0.29, 0.717) is 12.1 Å². The summed E-state index contributed by atoms with van der Waals surface area (Å²) in [6.45, 7) is -0.503. The fourth-order valence-electron chi connectivity index (χ4n) is 2.76. The van der Waals surface area contributed by atoms with Gasteiger partial charge in [0.25, 0.3) is 16.4 Å². The number of aromatic nitrogens is 2. The lowest BCUT2D eigenvalue weighted by molar-refractivity contribution is 0.0817. The van der Waals surface area contributed by atoms with E-state index in [-0.39, 0.29) is 21.9 Å². The molecule has 3 rings (SSSR count). The standard InChI is InChI=1S/C19H18F3N3O3S/c1-23-9-13-7-18(16-5-4-14(8-17(16)20)28-12-19(21)22)25(11-13)29(26,27)15-3-2-6-24-10-15/h2-8,10-11,19,23H,9,12H2,1H3. The highest BCUT2D eigenvalue weighted by atomic mass is 32.2. The van der Waals surface area contributed by atoms with Crippen LogP contribution in [0.2, 0.25) is 0 Å². The number of rotatable bonds is 8. The molecule has 1 N–H and O–H groups in total. The van der Waals surface area contributed by atoms with E-state index in [4.69, 9.17) is 4.74 Å². The molecule has 1 aromatic carbocycles. The van der Waals surface area contributed by atoms with Crippen LogP contribution in [0.15, 0.2) is 59.9 Å². The third-order valence-electron chi connectivity index (χ3n) is 4.01. The monoisotopic (exact) mass is 425 g/mol. The highest BCUT2D eigenvalue weighted by molar-refractivity contribution is 7.90. The number of benzene rings is 1. The molecule has 0 spiro atoms. The molecule has 2 heterocycles. The molecule has 0 unspecified atom stereocenters. The lowest BCUT2D eigenvalue weighted by Gasteiger charge is -2.12. The second kappa shape index (κ2) is 8.66. The molecule has 6 nitrogen and oxygen atoms in total. The smallest absolute Gasteiger partial charge is 0.272 e. The minimum Gasteiger partial charge on any atom is -0.488 e. The highest BCUT2D eigenvalue weighted by Crippen LogP contribution is 2.31. The number of hydrogen-bond acceptors (Lipinski definition) is 5. The van der Waals surface area contributed by atoms with Gasteiger partial charge < -0.3 is 10.1 Å². The first kappa shape index (κ1) is 20.9. The Bertz CT molecular complexity index is 1090. The van der Waals surface area contributed by atoms with Crippen molar-refractivity contribution >= 4 is 10.0 Å². The number of ether oxygens (including phenoxy) is 1. The van der Waals surface area contributed by atoms with E-state index in [1.54, 1.807) is 13.1 Å². The van der Waals surface area contributed by atoms with E-state index in [9.17, 15) is 21.6 Å². The Morgan fingerprint density at radius 3 is 2.66 bits per heavy atom. The summed E-state index contributed by atoms with van der Waals surface area (Å²) in [6.07, 6.45) is 1.35. The first-order chi connectivity index (χ1) is 13.8. The van der Waals surface area contributed by atoms with Crippen LogP contribution in [0.25, 0.3) is 11.3 Å². The molecule has 0 aliphatic rings. The van der Waals surface area contributed by atoms with Gasteiger partial charge in [-0.2, -0.15) is 0 Å². The van der Waals surface area contributed by atoms with Gasteiger partial charge in [-0.3, -0.25) is 4.98 Å². The number of nitrogens with zero attached hydrogens (tertiary/aromatic N) is 2. The van der Waals surface area contributed by atoms with Crippen molar-refractivity contribution in [2.75, 3.05) is 13.7 Å². The van der Waals surface area contributed by atoms with Crippen LogP contribution < -0.4 is 10.1 Å². The second-order valence-electron chi connectivity index (χ2n) is 6.10. The van der Waals surface area contributed by atoms with Gasteiger partial charge >= 0.3 is 0 Å². The van der Waals surface area contributed by atoms with Crippen molar-refractivity contribution in [2.24, 2.45) is 0 Å². The van der Waals surface area contributed by atoms with Gasteiger partial charge in [-0.05, 0) is 42.9 Å². The number of halogens is 3. The minimum absolute atomic E-state index is 0.00999. The Hall–Kier alpha value is -2.85. The van der Waals surface area contributed by atoms with Crippen molar-refractivity contribution in [1.82, 2.24) is 14.3 Å². The van der Waals surface area contributed by atoms with E-state index in [2.05, 4.69) is 10.3 Å². The number of pyridine rings is 1. The third-order valence-corrected chi connectivity index (χ3v) is 5.66. The lowest BCUT2D eigenvalue weighted by atomic mass is 10.1. The predicted octanol–water partition coefficient (Wildman–Crippen LogP) is 3.29. The average molecular weight is 425 g/mol. The van der Waals surface area contributed by atoms with Gasteiger partial charge in [-0.25, -0.2) is 25.6 Å². The van der Waals surface area contributed by atoms with Gasteiger partial charge in [0, 0.05) is 36.8 Å². The molecular weight excluding hydrogens is 407 g/mol. The van der Waals surface area contributed by atoms with E-state index >= 15 is 0 Å². The fraction of sp³-hybridized carbons (Fsp3) is 0.211. The van der Waals surface area contributed by atoms with E-state index in [1.165, 1.54) is 42.9 Å². The summed E-state index contributed by atoms with van der Waals surface area (Å²) in [5.41, 5.74) is 0.702. The molecule has 0 amide bonds. The molecule has 0 saturated carbocycles. The van der Waals surface area contributed by atoms with Gasteiger partial charge in [-0.15, -0.1) is 0 Å². The second-order valence-corrected chi connectivity index (χ2v) is 7.91. The maximum atomic E-state index is 14.7. The van der Waals surface area contributed by atoms with Gasteiger partial charge in [0.05, 0.1) is 5.69 Å². The summed E-state index contributed by atoms with van der Waals surface area (Å²) in [5.74, 6) is -0.872. The maximum absolute atomic E-state index is 14.7. The Labute approximate surface area is 166 Å². The Morgan fingerprint density at radius 2 is 2.03 bits per heavy atom. The van der Waals surface area contributed by atoms with Gasteiger partial charge in [0.2, 0.25) is 0 Å². The van der Waals surface area contributed by atoms with E-state index < -0.39 is 28.9 Å². The zero-order chi connectivity index (χ0) is 21.0. The summed E-state index contributed by atoms with van der Waals surface area (Å²) >= 11 is 0. The highest BCUT2D eigenvalue weighted by Gasteiger charge is 2.23. The van der Waals surface area contributed by atoms with Crippen LogP contribution in [0.3, 0.4) is 0 Å². The SMILES string of the molecule is CNCc1cc(-c2ccc(OCC(F)F)cc2F)n(S(=O)(=O)c2cccnc2)c1. The first-order valence-corrected chi connectivity index (χ1v) is 9.99. The summed E-state index contributed by atoms with van der Waals surface area (Å²) in [7, 11) is -2.34. The molecule has 29 heavy (non-hydrogen) atoms. The van der Waals surface area contributed by atoms with Crippen LogP contribution in [0.4, 0.5) is 13.2 Å². The minimum atomic E-state index is -4.03. The molecule has 0 saturated heterocycles. The van der Waals surface area contributed by atoms with E-state index in [1.807, 2.05) is 0 Å². The fourth-order valence-corrected chi connectivity index (χ4v) is 4.11. The predicted molar refractivity (Wildman–Crippen MR) is 101 cm³/mol. The van der Waals surface area contributed by atoms with Crippen molar-refractivity contribution in [1.29, 1.82) is 0 Å². The topological polar surface area (TPSA) is 73.2 Å². The molecule has 0 fully saturated rings. The van der Waals surface area contributed by atoms with Crippen LogP contribution in [-0.2, 0) is 16.6 Å². The molecule has 0 atom stereocenters. The third kappa shape index (κ3) is 4.60. The molecule has 2 aromatic heterocycles. The first-order valence-electron chi connectivity index (χ1n) is 8.55. The number of hydrogen-bond donors (Lipinski definition) is 1. The van der Waals surface area contributed by atoms with Crippen molar-refractivity contribution in [3.05, 3.63) is 66.4 Å². The van der Waals surface area contributed by atoms with Crippen LogP contribution in [0.5, 0.6) is 5.75 Å². The zero-order valence-electron chi connectivity index (χ0n) is 15.3. The Balaban J connectivity index is 2.08. The lowest BCUT2D eigenvalue weighted by Crippen LogP contribution is -2.14. The Morgan fingerprint density at radius 1 is 1.24 bits per heavy atom. The maximum Gasteiger partial charge on any atom is 0.272 e. The van der Waals surface area contributed by atoms with Crippen LogP contribution in [0, 0.1) is 5.82 Å². The quantitative estimate of drug-likeness (QED) is 0.600. The molecule has 3 aromatic rings. The average Bonchev–Trinajstić information content (AvgIpc) is 3.12. The largest absolute Gasteiger partial charge is 0.488 e. The van der Waals surface area contributed by atoms with Crippen molar-refractivity contribution < 1.29 is 26.3 Å².